The average Bonchev–Trinajstić information content (AvgIpc) is 3.46. The smallest absolute Gasteiger partial charge is 0.247 e. The summed E-state index contributed by atoms with van der Waals surface area (Å²) in [7, 11) is 1.94. The Balaban J connectivity index is 1.29. The van der Waals surface area contributed by atoms with E-state index in [1.54, 1.807) is 6.20 Å². The molecule has 0 unspecified atom stereocenters. The van der Waals surface area contributed by atoms with Crippen LogP contribution in [0.2, 0.25) is 5.15 Å². The van der Waals surface area contributed by atoms with Crippen molar-refractivity contribution in [3.8, 4) is 0 Å². The van der Waals surface area contributed by atoms with Gasteiger partial charge in [0.25, 0.3) is 0 Å². The zero-order chi connectivity index (χ0) is 21.5. The summed E-state index contributed by atoms with van der Waals surface area (Å²) in [6, 6.07) is 3.59. The zero-order valence-corrected chi connectivity index (χ0v) is 18.1. The van der Waals surface area contributed by atoms with Crippen LogP contribution in [0.25, 0.3) is 0 Å². The highest BCUT2D eigenvalue weighted by Crippen LogP contribution is 2.41. The molecule has 160 valence electrons. The number of hydrogen-bond donors (Lipinski definition) is 2. The Kier molecular flexibility index (Phi) is 4.97. The lowest BCUT2D eigenvalue weighted by molar-refractivity contribution is -0.118. The number of carbonyl (C=O) groups excluding carboxylic acids is 1. The molecule has 4 heterocycles. The Morgan fingerprint density at radius 1 is 1.29 bits per heavy atom. The highest BCUT2D eigenvalue weighted by atomic mass is 35.5. The number of amides is 1. The fraction of sp³-hybridized carbons (Fsp3) is 0.381. The lowest BCUT2D eigenvalue weighted by atomic mass is 10.1. The number of nitrogens with zero attached hydrogens (tertiary/aromatic N) is 6. The largest absolute Gasteiger partial charge is 0.350 e. The Morgan fingerprint density at radius 2 is 2.13 bits per heavy atom. The molecule has 1 fully saturated rings. The Hall–Kier alpha value is -3.20. The summed E-state index contributed by atoms with van der Waals surface area (Å²) in [6.45, 7) is 3.04. The first-order valence-corrected chi connectivity index (χ1v) is 10.6. The number of fused-ring (bicyclic) bond motifs is 1. The zero-order valence-electron chi connectivity index (χ0n) is 17.3. The maximum absolute atomic E-state index is 12.5. The van der Waals surface area contributed by atoms with Gasteiger partial charge in [0.05, 0.1) is 18.4 Å². The predicted molar refractivity (Wildman–Crippen MR) is 118 cm³/mol. The van der Waals surface area contributed by atoms with E-state index in [2.05, 4.69) is 30.7 Å². The van der Waals surface area contributed by atoms with Gasteiger partial charge in [-0.15, -0.1) is 0 Å². The van der Waals surface area contributed by atoms with Gasteiger partial charge in [-0.1, -0.05) is 11.6 Å². The summed E-state index contributed by atoms with van der Waals surface area (Å²) in [4.78, 5) is 27.7. The third kappa shape index (κ3) is 4.05. The standard InChI is InChI=1S/C21H23ClN8O/c1-12-17-19(29(2)18(15-3-4-15)20(31)27-17)28-21(26-12)24-8-14-9-25-30(11-14)10-13-5-6-23-16(22)7-13/h5-7,9,11,15,18H,3-4,8,10H2,1-2H3,(H,27,31)(H,24,26,28)/t18-/m0/s1. The van der Waals surface area contributed by atoms with Gasteiger partial charge >= 0.3 is 0 Å². The van der Waals surface area contributed by atoms with Crippen LogP contribution in [0.5, 0.6) is 0 Å². The van der Waals surface area contributed by atoms with Gasteiger partial charge < -0.3 is 15.5 Å². The third-order valence-electron chi connectivity index (χ3n) is 5.68. The van der Waals surface area contributed by atoms with E-state index in [9.17, 15) is 4.79 Å². The van der Waals surface area contributed by atoms with Gasteiger partial charge in [0.15, 0.2) is 5.82 Å². The minimum Gasteiger partial charge on any atom is -0.350 e. The van der Waals surface area contributed by atoms with Gasteiger partial charge in [0.2, 0.25) is 11.9 Å². The molecule has 0 saturated heterocycles. The molecule has 1 saturated carbocycles. The van der Waals surface area contributed by atoms with Gasteiger partial charge in [0.1, 0.15) is 16.9 Å². The van der Waals surface area contributed by atoms with Crippen molar-refractivity contribution >= 4 is 35.0 Å². The summed E-state index contributed by atoms with van der Waals surface area (Å²) in [6.07, 6.45) is 7.65. The Labute approximate surface area is 184 Å². The molecule has 3 aromatic heterocycles. The molecule has 0 radical (unpaired) electrons. The van der Waals surface area contributed by atoms with Crippen LogP contribution in [0.4, 0.5) is 17.5 Å². The van der Waals surface area contributed by atoms with Crippen molar-refractivity contribution in [2.45, 2.75) is 38.9 Å². The number of nitrogens with one attached hydrogen (secondary N) is 2. The van der Waals surface area contributed by atoms with Gasteiger partial charge in [-0.05, 0) is 43.4 Å². The van der Waals surface area contributed by atoms with E-state index >= 15 is 0 Å². The molecule has 2 aliphatic rings. The summed E-state index contributed by atoms with van der Waals surface area (Å²) in [5, 5.41) is 11.2. The number of carbonyl (C=O) groups is 1. The van der Waals surface area contributed by atoms with E-state index in [1.807, 2.05) is 48.1 Å². The van der Waals surface area contributed by atoms with Crippen LogP contribution in [-0.4, -0.2) is 43.7 Å². The number of aryl methyl sites for hydroxylation is 1. The molecule has 0 aromatic carbocycles. The fourth-order valence-corrected chi connectivity index (χ4v) is 4.18. The summed E-state index contributed by atoms with van der Waals surface area (Å²) in [5.74, 6) is 1.73. The maximum atomic E-state index is 12.5. The van der Waals surface area contributed by atoms with Gasteiger partial charge in [-0.25, -0.2) is 9.97 Å². The van der Waals surface area contributed by atoms with Crippen LogP contribution in [0.15, 0.2) is 30.7 Å². The molecule has 0 bridgehead atoms. The molecule has 10 heteroatoms. The van der Waals surface area contributed by atoms with E-state index in [4.69, 9.17) is 11.6 Å². The van der Waals surface area contributed by atoms with E-state index in [-0.39, 0.29) is 11.9 Å². The van der Waals surface area contributed by atoms with Crippen molar-refractivity contribution in [2.75, 3.05) is 22.6 Å². The first kappa shape index (κ1) is 19.7. The second-order valence-corrected chi connectivity index (χ2v) is 8.49. The topological polar surface area (TPSA) is 101 Å². The van der Waals surface area contributed by atoms with Crippen molar-refractivity contribution < 1.29 is 4.79 Å². The first-order valence-electron chi connectivity index (χ1n) is 10.3. The number of pyridine rings is 1. The molecule has 9 nitrogen and oxygen atoms in total. The first-order chi connectivity index (χ1) is 15.0. The summed E-state index contributed by atoms with van der Waals surface area (Å²) in [5.41, 5.74) is 3.48. The van der Waals surface area contributed by atoms with Crippen LogP contribution in [0.3, 0.4) is 0 Å². The van der Waals surface area contributed by atoms with Crippen molar-refractivity contribution in [3.05, 3.63) is 52.7 Å². The molecular formula is C21H23ClN8O. The van der Waals surface area contributed by atoms with Crippen molar-refractivity contribution in [3.63, 3.8) is 0 Å². The van der Waals surface area contributed by atoms with Crippen molar-refractivity contribution in [2.24, 2.45) is 5.92 Å². The number of rotatable bonds is 6. The quantitative estimate of drug-likeness (QED) is 0.570. The van der Waals surface area contributed by atoms with Crippen molar-refractivity contribution in [1.29, 1.82) is 0 Å². The van der Waals surface area contributed by atoms with E-state index in [0.717, 1.165) is 35.5 Å². The third-order valence-corrected chi connectivity index (χ3v) is 5.89. The number of anilines is 3. The maximum Gasteiger partial charge on any atom is 0.247 e. The molecule has 1 aliphatic heterocycles. The van der Waals surface area contributed by atoms with E-state index < -0.39 is 0 Å². The number of aromatic nitrogens is 5. The van der Waals surface area contributed by atoms with Crippen LogP contribution < -0.4 is 15.5 Å². The SMILES string of the molecule is Cc1nc(NCc2cnn(Cc3ccnc(Cl)c3)c2)nc2c1NC(=O)[C@H](C1CC1)N2C. The lowest BCUT2D eigenvalue weighted by Gasteiger charge is -2.35. The van der Waals surface area contributed by atoms with Crippen molar-refractivity contribution in [1.82, 2.24) is 24.7 Å². The number of likely N-dealkylation sites (N-methyl/N-ethyl adjacent to an activating group) is 1. The molecule has 1 atom stereocenters. The molecule has 2 N–H and O–H groups in total. The van der Waals surface area contributed by atoms with Crippen LogP contribution in [0.1, 0.15) is 29.7 Å². The minimum absolute atomic E-state index is 0.0350. The highest BCUT2D eigenvalue weighted by molar-refractivity contribution is 6.29. The van der Waals surface area contributed by atoms with Crippen LogP contribution in [-0.2, 0) is 17.9 Å². The highest BCUT2D eigenvalue weighted by Gasteiger charge is 2.43. The molecule has 31 heavy (non-hydrogen) atoms. The predicted octanol–water partition coefficient (Wildman–Crippen LogP) is 2.86. The fourth-order valence-electron chi connectivity index (χ4n) is 3.98. The summed E-state index contributed by atoms with van der Waals surface area (Å²) < 4.78 is 1.85. The normalized spacial score (nSPS) is 18.0. The molecule has 5 rings (SSSR count). The number of halogens is 1. The molecule has 1 amide bonds. The van der Waals surface area contributed by atoms with Crippen LogP contribution in [0, 0.1) is 12.8 Å². The van der Waals surface area contributed by atoms with E-state index in [0.29, 0.717) is 35.8 Å². The van der Waals surface area contributed by atoms with Crippen LogP contribution >= 0.6 is 11.6 Å². The molecular weight excluding hydrogens is 416 g/mol. The second-order valence-electron chi connectivity index (χ2n) is 8.10. The lowest BCUT2D eigenvalue weighted by Crippen LogP contribution is -2.48. The van der Waals surface area contributed by atoms with Gasteiger partial charge in [-0.3, -0.25) is 9.48 Å². The minimum atomic E-state index is -0.158. The monoisotopic (exact) mass is 438 g/mol. The van der Waals surface area contributed by atoms with E-state index in [1.165, 1.54) is 0 Å². The molecule has 3 aromatic rings. The molecule has 1 aliphatic carbocycles. The second kappa shape index (κ2) is 7.81. The van der Waals surface area contributed by atoms with Gasteiger partial charge in [0, 0.05) is 31.5 Å². The number of hydrogen-bond acceptors (Lipinski definition) is 7. The Bertz CT molecular complexity index is 1140. The average molecular weight is 439 g/mol. The van der Waals surface area contributed by atoms with Gasteiger partial charge in [-0.2, -0.15) is 10.1 Å². The summed E-state index contributed by atoms with van der Waals surface area (Å²) >= 11 is 5.95. The Morgan fingerprint density at radius 3 is 2.90 bits per heavy atom. The molecule has 0 spiro atoms.